The van der Waals surface area contributed by atoms with Crippen LogP contribution >= 0.6 is 0 Å². The summed E-state index contributed by atoms with van der Waals surface area (Å²) in [5.41, 5.74) is 10.5. The molecule has 0 saturated carbocycles. The zero-order chi connectivity index (χ0) is 18.8. The van der Waals surface area contributed by atoms with Gasteiger partial charge in [0.2, 0.25) is 5.91 Å². The van der Waals surface area contributed by atoms with Gasteiger partial charge in [-0.15, -0.1) is 0 Å². The second-order valence-electron chi connectivity index (χ2n) is 6.62. The van der Waals surface area contributed by atoms with E-state index in [1.54, 1.807) is 13.2 Å². The maximum Gasteiger partial charge on any atom is 0.249 e. The first kappa shape index (κ1) is 17.1. The van der Waals surface area contributed by atoms with E-state index in [-0.39, 0.29) is 5.91 Å². The van der Waals surface area contributed by atoms with Gasteiger partial charge in [0.05, 0.1) is 7.11 Å². The molecule has 4 rings (SSSR count). The molecule has 0 aliphatic carbocycles. The van der Waals surface area contributed by atoms with Crippen LogP contribution in [0.3, 0.4) is 0 Å². The number of pyridine rings is 1. The minimum Gasteiger partial charge on any atom is -0.497 e. The number of anilines is 2. The van der Waals surface area contributed by atoms with E-state index in [1.165, 1.54) is 11.1 Å². The molecule has 0 unspecified atom stereocenters. The predicted octanol–water partition coefficient (Wildman–Crippen LogP) is 3.47. The summed E-state index contributed by atoms with van der Waals surface area (Å²) < 4.78 is 5.31. The second-order valence-corrected chi connectivity index (χ2v) is 6.62. The van der Waals surface area contributed by atoms with Crippen molar-refractivity contribution in [1.82, 2.24) is 4.98 Å². The number of benzene rings is 2. The lowest BCUT2D eigenvalue weighted by atomic mass is 10.0. The quantitative estimate of drug-likeness (QED) is 0.757. The van der Waals surface area contributed by atoms with Crippen LogP contribution in [0.5, 0.6) is 5.75 Å². The van der Waals surface area contributed by atoms with Crippen LogP contribution in [0, 0.1) is 0 Å². The van der Waals surface area contributed by atoms with Crippen LogP contribution in [0.2, 0.25) is 0 Å². The number of rotatable bonds is 5. The molecule has 1 aromatic heterocycles. The lowest BCUT2D eigenvalue weighted by molar-refractivity contribution is 0.0999. The summed E-state index contributed by atoms with van der Waals surface area (Å²) in [5.74, 6) is 1.36. The van der Waals surface area contributed by atoms with Crippen molar-refractivity contribution in [3.63, 3.8) is 0 Å². The predicted molar refractivity (Wildman–Crippen MR) is 106 cm³/mol. The Labute approximate surface area is 158 Å². The van der Waals surface area contributed by atoms with Gasteiger partial charge in [-0.1, -0.05) is 18.2 Å². The smallest absolute Gasteiger partial charge is 0.249 e. The third-order valence-corrected chi connectivity index (χ3v) is 4.92. The van der Waals surface area contributed by atoms with Crippen LogP contribution in [-0.4, -0.2) is 24.5 Å². The Bertz CT molecular complexity index is 1000. The monoisotopic (exact) mass is 359 g/mol. The first-order valence-corrected chi connectivity index (χ1v) is 8.93. The maximum absolute atomic E-state index is 11.7. The molecule has 1 amide bonds. The molecule has 5 heteroatoms. The molecule has 2 aromatic carbocycles. The van der Waals surface area contributed by atoms with Gasteiger partial charge in [-0.3, -0.25) is 4.79 Å². The van der Waals surface area contributed by atoms with Crippen molar-refractivity contribution in [2.45, 2.75) is 12.8 Å². The van der Waals surface area contributed by atoms with Crippen LogP contribution in [0.25, 0.3) is 0 Å². The molecule has 0 bridgehead atoms. The minimum atomic E-state index is -0.381. The fourth-order valence-electron chi connectivity index (χ4n) is 3.64. The van der Waals surface area contributed by atoms with Crippen LogP contribution in [0.1, 0.15) is 27.0 Å². The van der Waals surface area contributed by atoms with Crippen LogP contribution < -0.4 is 15.4 Å². The van der Waals surface area contributed by atoms with Crippen molar-refractivity contribution in [3.05, 3.63) is 83.0 Å². The summed E-state index contributed by atoms with van der Waals surface area (Å²) in [6, 6.07) is 17.9. The van der Waals surface area contributed by atoms with E-state index in [4.69, 9.17) is 10.5 Å². The molecule has 0 saturated heterocycles. The molecule has 0 atom stereocenters. The zero-order valence-electron chi connectivity index (χ0n) is 15.2. The Hall–Kier alpha value is -3.34. The standard InChI is InChI=1S/C22H21N3O2/c1-27-17-5-2-4-15(13-17)12-16-8-10-24-21(14-16)25-11-9-18-19(22(23)26)6-3-7-20(18)25/h2-8,10,13-14H,9,11-12H2,1H3,(H2,23,26). The lowest BCUT2D eigenvalue weighted by Crippen LogP contribution is -2.15. The van der Waals surface area contributed by atoms with E-state index in [0.29, 0.717) is 5.56 Å². The zero-order valence-corrected chi connectivity index (χ0v) is 15.2. The van der Waals surface area contributed by atoms with Crippen LogP contribution in [0.4, 0.5) is 11.5 Å². The average molecular weight is 359 g/mol. The van der Waals surface area contributed by atoms with Crippen LogP contribution in [0.15, 0.2) is 60.8 Å². The highest BCUT2D eigenvalue weighted by Gasteiger charge is 2.25. The largest absolute Gasteiger partial charge is 0.497 e. The van der Waals surface area contributed by atoms with Gasteiger partial charge in [0, 0.05) is 24.0 Å². The van der Waals surface area contributed by atoms with E-state index in [2.05, 4.69) is 22.0 Å². The van der Waals surface area contributed by atoms with E-state index in [1.807, 2.05) is 42.6 Å². The normalized spacial score (nSPS) is 12.7. The van der Waals surface area contributed by atoms with Gasteiger partial charge in [0.25, 0.3) is 0 Å². The first-order chi connectivity index (χ1) is 13.2. The molecule has 2 heterocycles. The number of hydrogen-bond donors (Lipinski definition) is 1. The summed E-state index contributed by atoms with van der Waals surface area (Å²) in [6.45, 7) is 0.787. The molecular formula is C22H21N3O2. The Balaban J connectivity index is 1.63. The third-order valence-electron chi connectivity index (χ3n) is 4.92. The third kappa shape index (κ3) is 3.36. The SMILES string of the molecule is COc1cccc(Cc2ccnc(N3CCc4c(C(N)=O)cccc43)c2)c1. The van der Waals surface area contributed by atoms with Crippen molar-refractivity contribution in [2.24, 2.45) is 5.73 Å². The van der Waals surface area contributed by atoms with E-state index in [0.717, 1.165) is 42.2 Å². The average Bonchev–Trinajstić information content (AvgIpc) is 3.12. The lowest BCUT2D eigenvalue weighted by Gasteiger charge is -2.19. The number of hydrogen-bond acceptors (Lipinski definition) is 4. The second kappa shape index (κ2) is 7.11. The number of ether oxygens (including phenoxy) is 1. The number of fused-ring (bicyclic) bond motifs is 1. The topological polar surface area (TPSA) is 68.4 Å². The molecule has 1 aliphatic heterocycles. The van der Waals surface area contributed by atoms with Gasteiger partial charge in [-0.25, -0.2) is 4.98 Å². The number of amides is 1. The highest BCUT2D eigenvalue weighted by atomic mass is 16.5. The molecule has 0 spiro atoms. The highest BCUT2D eigenvalue weighted by molar-refractivity contribution is 5.96. The number of nitrogens with zero attached hydrogens (tertiary/aromatic N) is 2. The minimum absolute atomic E-state index is 0.381. The fourth-order valence-corrected chi connectivity index (χ4v) is 3.64. The highest BCUT2D eigenvalue weighted by Crippen LogP contribution is 2.35. The van der Waals surface area contributed by atoms with Gasteiger partial charge in [-0.2, -0.15) is 0 Å². The van der Waals surface area contributed by atoms with Gasteiger partial charge < -0.3 is 15.4 Å². The molecule has 1 aliphatic rings. The number of methoxy groups -OCH3 is 1. The van der Waals surface area contributed by atoms with Crippen LogP contribution in [-0.2, 0) is 12.8 Å². The van der Waals surface area contributed by atoms with Gasteiger partial charge >= 0.3 is 0 Å². The summed E-state index contributed by atoms with van der Waals surface area (Å²) in [7, 11) is 1.68. The number of nitrogens with two attached hydrogens (primary N) is 1. The van der Waals surface area contributed by atoms with Gasteiger partial charge in [-0.05, 0) is 65.9 Å². The Morgan fingerprint density at radius 1 is 1.15 bits per heavy atom. The molecule has 0 fully saturated rings. The molecular weight excluding hydrogens is 338 g/mol. The summed E-state index contributed by atoms with van der Waals surface area (Å²) >= 11 is 0. The summed E-state index contributed by atoms with van der Waals surface area (Å²) in [5, 5.41) is 0. The van der Waals surface area contributed by atoms with E-state index >= 15 is 0 Å². The molecule has 136 valence electrons. The molecule has 3 aromatic rings. The molecule has 2 N–H and O–H groups in total. The van der Waals surface area contributed by atoms with Gasteiger partial charge in [0.1, 0.15) is 11.6 Å². The van der Waals surface area contributed by atoms with Crippen molar-refractivity contribution in [3.8, 4) is 5.75 Å². The first-order valence-electron chi connectivity index (χ1n) is 8.93. The fraction of sp³-hybridized carbons (Fsp3) is 0.182. The summed E-state index contributed by atoms with van der Waals surface area (Å²) in [4.78, 5) is 18.4. The van der Waals surface area contributed by atoms with Crippen molar-refractivity contribution >= 4 is 17.4 Å². The molecule has 27 heavy (non-hydrogen) atoms. The number of carbonyl (C=O) groups is 1. The Morgan fingerprint density at radius 3 is 2.78 bits per heavy atom. The van der Waals surface area contributed by atoms with Crippen molar-refractivity contribution in [2.75, 3.05) is 18.6 Å². The summed E-state index contributed by atoms with van der Waals surface area (Å²) in [6.07, 6.45) is 3.42. The number of primary amides is 1. The van der Waals surface area contributed by atoms with Gasteiger partial charge in [0.15, 0.2) is 0 Å². The maximum atomic E-state index is 11.7. The number of carbonyl (C=O) groups excluding carboxylic acids is 1. The Kier molecular flexibility index (Phi) is 4.50. The van der Waals surface area contributed by atoms with Crippen molar-refractivity contribution < 1.29 is 9.53 Å². The molecule has 5 nitrogen and oxygen atoms in total. The molecule has 0 radical (unpaired) electrons. The van der Waals surface area contributed by atoms with Crippen molar-refractivity contribution in [1.29, 1.82) is 0 Å². The van der Waals surface area contributed by atoms with E-state index < -0.39 is 0 Å². The number of aromatic nitrogens is 1. The van der Waals surface area contributed by atoms with E-state index in [9.17, 15) is 4.79 Å². The Morgan fingerprint density at radius 2 is 1.96 bits per heavy atom.